The Bertz CT molecular complexity index is 911. The SMILES string of the molecule is CCCCC[C@H](C[C@H](C[C@@H](O)C[C@@H](O)C[C@H](CCO[Si](c1ccccc1)(c1ccccc1)C(C)(C)C)OC)OC)OC. The summed E-state index contributed by atoms with van der Waals surface area (Å²) in [4.78, 5) is 0. The van der Waals surface area contributed by atoms with Crippen molar-refractivity contribution in [3.8, 4) is 0 Å². The van der Waals surface area contributed by atoms with Crippen LogP contribution in [0.15, 0.2) is 60.7 Å². The second kappa shape index (κ2) is 18.9. The Hall–Kier alpha value is -1.58. The average Bonchev–Trinajstić information content (AvgIpc) is 2.97. The average molecular weight is 603 g/mol. The number of hydrogen-bond acceptors (Lipinski definition) is 6. The smallest absolute Gasteiger partial charge is 0.261 e. The van der Waals surface area contributed by atoms with Crippen molar-refractivity contribution in [2.45, 2.75) is 121 Å². The molecule has 0 aliphatic rings. The summed E-state index contributed by atoms with van der Waals surface area (Å²) < 4.78 is 24.1. The zero-order chi connectivity index (χ0) is 31.0. The van der Waals surface area contributed by atoms with E-state index in [0.29, 0.717) is 25.9 Å². The van der Waals surface area contributed by atoms with Crippen molar-refractivity contribution in [3.63, 3.8) is 0 Å². The highest BCUT2D eigenvalue weighted by atomic mass is 28.4. The molecule has 0 aliphatic heterocycles. The first kappa shape index (κ1) is 36.6. The number of unbranched alkanes of at least 4 members (excludes halogenated alkanes) is 2. The zero-order valence-corrected chi connectivity index (χ0v) is 28.3. The molecule has 238 valence electrons. The summed E-state index contributed by atoms with van der Waals surface area (Å²) in [5.74, 6) is 0. The summed E-state index contributed by atoms with van der Waals surface area (Å²) in [5, 5.41) is 24.1. The highest BCUT2D eigenvalue weighted by Gasteiger charge is 2.50. The van der Waals surface area contributed by atoms with Crippen LogP contribution in [-0.2, 0) is 18.6 Å². The van der Waals surface area contributed by atoms with Crippen LogP contribution in [0.2, 0.25) is 5.04 Å². The van der Waals surface area contributed by atoms with E-state index >= 15 is 0 Å². The fraction of sp³-hybridized carbons (Fsp3) is 0.657. The van der Waals surface area contributed by atoms with Crippen LogP contribution >= 0.6 is 0 Å². The molecule has 0 unspecified atom stereocenters. The van der Waals surface area contributed by atoms with Gasteiger partial charge in [-0.1, -0.05) is 108 Å². The van der Waals surface area contributed by atoms with Crippen LogP contribution < -0.4 is 10.4 Å². The first-order chi connectivity index (χ1) is 20.1. The molecule has 0 aliphatic carbocycles. The molecule has 2 aromatic carbocycles. The van der Waals surface area contributed by atoms with Gasteiger partial charge >= 0.3 is 0 Å². The van der Waals surface area contributed by atoms with E-state index in [1.165, 1.54) is 23.2 Å². The summed E-state index contributed by atoms with van der Waals surface area (Å²) in [7, 11) is 2.48. The minimum absolute atomic E-state index is 0.0996. The van der Waals surface area contributed by atoms with Gasteiger partial charge in [0.05, 0.1) is 30.5 Å². The normalized spacial score (nSPS) is 16.1. The zero-order valence-electron chi connectivity index (χ0n) is 27.3. The summed E-state index contributed by atoms with van der Waals surface area (Å²) in [6.07, 6.45) is 5.55. The Morgan fingerprint density at radius 2 is 1.12 bits per heavy atom. The van der Waals surface area contributed by atoms with E-state index in [0.717, 1.165) is 19.3 Å². The third-order valence-corrected chi connectivity index (χ3v) is 13.5. The second-order valence-electron chi connectivity index (χ2n) is 12.6. The topological polar surface area (TPSA) is 77.4 Å². The van der Waals surface area contributed by atoms with Gasteiger partial charge in [-0.2, -0.15) is 0 Å². The molecule has 42 heavy (non-hydrogen) atoms. The molecule has 0 amide bonds. The van der Waals surface area contributed by atoms with Crippen LogP contribution in [0.1, 0.15) is 85.5 Å². The van der Waals surface area contributed by atoms with Gasteiger partial charge in [0.15, 0.2) is 0 Å². The van der Waals surface area contributed by atoms with E-state index in [-0.39, 0.29) is 29.8 Å². The molecule has 0 spiro atoms. The highest BCUT2D eigenvalue weighted by molar-refractivity contribution is 6.99. The standard InChI is InChI=1S/C35H58O6Si/c1-8-9-12-17-30(38-5)27-32(40-7)26-29(37)24-28(36)25-31(39-6)22-23-41-42(35(2,3)4,33-18-13-10-14-19-33)34-20-15-11-16-21-34/h10-11,13-16,18-21,28-32,36-37H,8-9,12,17,22-27H2,1-7H3/t28-,29+,30-,31+,32+/m1/s1. The molecule has 2 rings (SSSR count). The van der Waals surface area contributed by atoms with Gasteiger partial charge < -0.3 is 28.8 Å². The molecule has 2 aromatic rings. The Morgan fingerprint density at radius 3 is 1.57 bits per heavy atom. The van der Waals surface area contributed by atoms with E-state index in [1.807, 2.05) is 12.1 Å². The van der Waals surface area contributed by atoms with E-state index in [1.54, 1.807) is 21.3 Å². The van der Waals surface area contributed by atoms with Gasteiger partial charge in [0, 0.05) is 27.9 Å². The van der Waals surface area contributed by atoms with Crippen LogP contribution in [0.25, 0.3) is 0 Å². The first-order valence-corrected chi connectivity index (χ1v) is 17.7. The molecule has 6 nitrogen and oxygen atoms in total. The van der Waals surface area contributed by atoms with Gasteiger partial charge in [0.1, 0.15) is 0 Å². The van der Waals surface area contributed by atoms with Gasteiger partial charge in [-0.25, -0.2) is 0 Å². The molecule has 2 N–H and O–H groups in total. The number of ether oxygens (including phenoxy) is 3. The summed E-state index contributed by atoms with van der Waals surface area (Å²) in [6, 6.07) is 21.2. The summed E-state index contributed by atoms with van der Waals surface area (Å²) in [5.41, 5.74) is 0. The van der Waals surface area contributed by atoms with Crippen LogP contribution in [0.4, 0.5) is 0 Å². The minimum Gasteiger partial charge on any atom is -0.407 e. The molecule has 7 heteroatoms. The van der Waals surface area contributed by atoms with E-state index < -0.39 is 20.5 Å². The predicted octanol–water partition coefficient (Wildman–Crippen LogP) is 5.86. The van der Waals surface area contributed by atoms with Gasteiger partial charge in [-0.05, 0) is 53.9 Å². The lowest BCUT2D eigenvalue weighted by molar-refractivity contribution is -0.0233. The predicted molar refractivity (Wildman–Crippen MR) is 175 cm³/mol. The van der Waals surface area contributed by atoms with Crippen LogP contribution in [0.5, 0.6) is 0 Å². The molecular formula is C35H58O6Si. The maximum Gasteiger partial charge on any atom is 0.261 e. The molecule has 0 heterocycles. The number of aliphatic hydroxyl groups is 2. The third-order valence-electron chi connectivity index (χ3n) is 8.44. The Kier molecular flexibility index (Phi) is 16.5. The fourth-order valence-electron chi connectivity index (χ4n) is 6.09. The van der Waals surface area contributed by atoms with Gasteiger partial charge in [-0.15, -0.1) is 0 Å². The van der Waals surface area contributed by atoms with Crippen molar-refractivity contribution in [2.24, 2.45) is 0 Å². The number of hydrogen-bond donors (Lipinski definition) is 2. The Labute approximate surface area is 256 Å². The molecule has 0 fully saturated rings. The number of methoxy groups -OCH3 is 3. The second-order valence-corrected chi connectivity index (χ2v) is 16.9. The molecule has 0 radical (unpaired) electrons. The van der Waals surface area contributed by atoms with Crippen LogP contribution in [0, 0.1) is 0 Å². The number of aliphatic hydroxyl groups excluding tert-OH is 2. The number of benzene rings is 2. The van der Waals surface area contributed by atoms with Crippen molar-refractivity contribution in [1.82, 2.24) is 0 Å². The quantitative estimate of drug-likeness (QED) is 0.138. The Balaban J connectivity index is 1.99. The lowest BCUT2D eigenvalue weighted by Crippen LogP contribution is -2.66. The van der Waals surface area contributed by atoms with Crippen molar-refractivity contribution >= 4 is 18.7 Å². The fourth-order valence-corrected chi connectivity index (χ4v) is 10.7. The number of rotatable bonds is 21. The van der Waals surface area contributed by atoms with Crippen LogP contribution in [0.3, 0.4) is 0 Å². The highest BCUT2D eigenvalue weighted by Crippen LogP contribution is 2.37. The molecule has 5 atom stereocenters. The largest absolute Gasteiger partial charge is 0.407 e. The van der Waals surface area contributed by atoms with E-state index in [9.17, 15) is 10.2 Å². The van der Waals surface area contributed by atoms with E-state index in [4.69, 9.17) is 18.6 Å². The first-order valence-electron chi connectivity index (χ1n) is 15.8. The minimum atomic E-state index is -2.63. The third kappa shape index (κ3) is 11.2. The lowest BCUT2D eigenvalue weighted by atomic mass is 9.97. The molecule has 0 aromatic heterocycles. The molecule has 0 saturated carbocycles. The molecule has 0 bridgehead atoms. The van der Waals surface area contributed by atoms with Crippen molar-refractivity contribution < 1.29 is 28.8 Å². The van der Waals surface area contributed by atoms with E-state index in [2.05, 4.69) is 76.2 Å². The maximum atomic E-state index is 10.9. The van der Waals surface area contributed by atoms with Gasteiger partial charge in [0.25, 0.3) is 8.32 Å². The van der Waals surface area contributed by atoms with Gasteiger partial charge in [0.2, 0.25) is 0 Å². The maximum absolute atomic E-state index is 10.9. The lowest BCUT2D eigenvalue weighted by Gasteiger charge is -2.43. The molecule has 0 saturated heterocycles. The van der Waals surface area contributed by atoms with Crippen molar-refractivity contribution in [1.29, 1.82) is 0 Å². The molecular weight excluding hydrogens is 544 g/mol. The summed E-state index contributed by atoms with van der Waals surface area (Å²) >= 11 is 0. The Morgan fingerprint density at radius 1 is 0.643 bits per heavy atom. The van der Waals surface area contributed by atoms with Gasteiger partial charge in [-0.3, -0.25) is 0 Å². The van der Waals surface area contributed by atoms with Crippen molar-refractivity contribution in [3.05, 3.63) is 60.7 Å². The summed E-state index contributed by atoms with van der Waals surface area (Å²) in [6.45, 7) is 9.52. The van der Waals surface area contributed by atoms with Crippen molar-refractivity contribution in [2.75, 3.05) is 27.9 Å². The van der Waals surface area contributed by atoms with Crippen LogP contribution in [-0.4, -0.2) is 77.0 Å². The monoisotopic (exact) mass is 602 g/mol.